The fourth-order valence-electron chi connectivity index (χ4n) is 1.52. The lowest BCUT2D eigenvalue weighted by Crippen LogP contribution is -1.88. The highest BCUT2D eigenvalue weighted by Crippen LogP contribution is 2.12. The van der Waals surface area contributed by atoms with Gasteiger partial charge in [-0.2, -0.15) is 0 Å². The molecule has 13 heavy (non-hydrogen) atoms. The average molecular weight is 169 g/mol. The first-order chi connectivity index (χ1) is 6.45. The minimum atomic E-state index is 0.936. The molecule has 0 radical (unpaired) electrons. The van der Waals surface area contributed by atoms with Gasteiger partial charge in [-0.15, -0.1) is 0 Å². The van der Waals surface area contributed by atoms with E-state index >= 15 is 0 Å². The van der Waals surface area contributed by atoms with E-state index in [4.69, 9.17) is 0 Å². The molecular formula is C10H7N3. The molecule has 0 aromatic carbocycles. The average Bonchev–Trinajstić information content (AvgIpc) is 2.65. The highest BCUT2D eigenvalue weighted by Gasteiger charge is 1.98. The molecule has 3 aromatic heterocycles. The van der Waals surface area contributed by atoms with Gasteiger partial charge in [0.05, 0.1) is 0 Å². The Bertz CT molecular complexity index is 568. The molecule has 3 heterocycles. The molecule has 0 aliphatic carbocycles. The molecule has 3 nitrogen and oxygen atoms in total. The molecule has 0 amide bonds. The molecule has 0 bridgehead atoms. The third-order valence-electron chi connectivity index (χ3n) is 2.13. The van der Waals surface area contributed by atoms with E-state index in [1.165, 1.54) is 0 Å². The summed E-state index contributed by atoms with van der Waals surface area (Å²) in [6.07, 6.45) is 5.50. The smallest absolute Gasteiger partial charge is 0.145 e. The zero-order valence-corrected chi connectivity index (χ0v) is 6.88. The molecule has 0 aliphatic heterocycles. The van der Waals surface area contributed by atoms with Crippen LogP contribution in [-0.4, -0.2) is 14.4 Å². The summed E-state index contributed by atoms with van der Waals surface area (Å²) in [7, 11) is 0. The van der Waals surface area contributed by atoms with Crippen molar-refractivity contribution in [2.75, 3.05) is 0 Å². The Hall–Kier alpha value is -1.90. The molecule has 0 atom stereocenters. The Kier molecular flexibility index (Phi) is 1.16. The number of pyridine rings is 2. The molecule has 0 spiro atoms. The number of aromatic nitrogens is 3. The number of fused-ring (bicyclic) bond motifs is 3. The lowest BCUT2D eigenvalue weighted by molar-refractivity contribution is 1.19. The Labute approximate surface area is 74.7 Å². The quantitative estimate of drug-likeness (QED) is 0.514. The Morgan fingerprint density at radius 1 is 1.00 bits per heavy atom. The molecule has 0 N–H and O–H groups in total. The topological polar surface area (TPSA) is 30.2 Å². The summed E-state index contributed by atoms with van der Waals surface area (Å²) in [5.41, 5.74) is 1.89. The van der Waals surface area contributed by atoms with E-state index in [2.05, 4.69) is 9.97 Å². The largest absolute Gasteiger partial charge is 0.284 e. The van der Waals surface area contributed by atoms with E-state index < -0.39 is 0 Å². The monoisotopic (exact) mass is 169 g/mol. The van der Waals surface area contributed by atoms with E-state index in [0.29, 0.717) is 0 Å². The summed E-state index contributed by atoms with van der Waals surface area (Å²) in [5.74, 6) is 0. The van der Waals surface area contributed by atoms with Crippen molar-refractivity contribution < 1.29 is 0 Å². The van der Waals surface area contributed by atoms with Gasteiger partial charge >= 0.3 is 0 Å². The zero-order chi connectivity index (χ0) is 8.67. The van der Waals surface area contributed by atoms with Crippen molar-refractivity contribution >= 4 is 16.7 Å². The number of imidazole rings is 1. The van der Waals surface area contributed by atoms with Gasteiger partial charge in [0.1, 0.15) is 11.3 Å². The number of hydrogen-bond acceptors (Lipinski definition) is 2. The van der Waals surface area contributed by atoms with E-state index in [1.54, 1.807) is 12.4 Å². The van der Waals surface area contributed by atoms with Gasteiger partial charge in [-0.1, -0.05) is 0 Å². The SMILES string of the molecule is c1cnc2c(c1)ccc1nccn12. The van der Waals surface area contributed by atoms with Crippen molar-refractivity contribution in [3.05, 3.63) is 42.9 Å². The van der Waals surface area contributed by atoms with Crippen molar-refractivity contribution in [3.8, 4) is 0 Å². The van der Waals surface area contributed by atoms with Crippen LogP contribution >= 0.6 is 0 Å². The van der Waals surface area contributed by atoms with Crippen molar-refractivity contribution in [2.24, 2.45) is 0 Å². The van der Waals surface area contributed by atoms with Gasteiger partial charge in [-0.05, 0) is 24.3 Å². The van der Waals surface area contributed by atoms with E-state index in [9.17, 15) is 0 Å². The van der Waals surface area contributed by atoms with Crippen LogP contribution in [0.5, 0.6) is 0 Å². The van der Waals surface area contributed by atoms with Crippen LogP contribution in [0.3, 0.4) is 0 Å². The van der Waals surface area contributed by atoms with Crippen LogP contribution in [0, 0.1) is 0 Å². The Morgan fingerprint density at radius 2 is 2.00 bits per heavy atom. The summed E-state index contributed by atoms with van der Waals surface area (Å²) in [5, 5.41) is 1.13. The third kappa shape index (κ3) is 0.839. The van der Waals surface area contributed by atoms with Crippen LogP contribution in [0.2, 0.25) is 0 Å². The van der Waals surface area contributed by atoms with Crippen LogP contribution in [0.25, 0.3) is 16.7 Å². The molecule has 0 saturated carbocycles. The molecule has 0 saturated heterocycles. The maximum atomic E-state index is 4.30. The van der Waals surface area contributed by atoms with Gasteiger partial charge in [0.25, 0.3) is 0 Å². The second-order valence-electron chi connectivity index (χ2n) is 2.91. The first-order valence-electron chi connectivity index (χ1n) is 4.12. The summed E-state index contributed by atoms with van der Waals surface area (Å²) >= 11 is 0. The van der Waals surface area contributed by atoms with E-state index in [0.717, 1.165) is 16.7 Å². The maximum absolute atomic E-state index is 4.30. The molecule has 62 valence electrons. The Morgan fingerprint density at radius 3 is 3.00 bits per heavy atom. The molecule has 3 aromatic rings. The first-order valence-corrected chi connectivity index (χ1v) is 4.12. The second-order valence-corrected chi connectivity index (χ2v) is 2.91. The van der Waals surface area contributed by atoms with E-state index in [-0.39, 0.29) is 0 Å². The summed E-state index contributed by atoms with van der Waals surface area (Å²) in [6.45, 7) is 0. The van der Waals surface area contributed by atoms with Gasteiger partial charge in [-0.3, -0.25) is 4.40 Å². The molecule has 0 unspecified atom stereocenters. The predicted molar refractivity (Wildman–Crippen MR) is 50.5 cm³/mol. The minimum Gasteiger partial charge on any atom is -0.284 e. The van der Waals surface area contributed by atoms with Crippen LogP contribution in [-0.2, 0) is 0 Å². The van der Waals surface area contributed by atoms with Gasteiger partial charge in [0.15, 0.2) is 0 Å². The van der Waals surface area contributed by atoms with Gasteiger partial charge in [0.2, 0.25) is 0 Å². The normalized spacial score (nSPS) is 11.1. The molecular weight excluding hydrogens is 162 g/mol. The van der Waals surface area contributed by atoms with Crippen LogP contribution in [0.15, 0.2) is 42.9 Å². The lowest BCUT2D eigenvalue weighted by atomic mass is 10.3. The third-order valence-corrected chi connectivity index (χ3v) is 2.13. The first kappa shape index (κ1) is 6.60. The van der Waals surface area contributed by atoms with Crippen LogP contribution in [0.4, 0.5) is 0 Å². The van der Waals surface area contributed by atoms with Crippen molar-refractivity contribution in [1.82, 2.24) is 14.4 Å². The highest BCUT2D eigenvalue weighted by molar-refractivity contribution is 5.77. The summed E-state index contributed by atoms with van der Waals surface area (Å²) in [4.78, 5) is 8.50. The van der Waals surface area contributed by atoms with Crippen molar-refractivity contribution in [1.29, 1.82) is 0 Å². The zero-order valence-electron chi connectivity index (χ0n) is 6.88. The van der Waals surface area contributed by atoms with Gasteiger partial charge in [0, 0.05) is 24.0 Å². The summed E-state index contributed by atoms with van der Waals surface area (Å²) in [6, 6.07) is 8.00. The minimum absolute atomic E-state index is 0.936. The molecule has 0 fully saturated rings. The van der Waals surface area contributed by atoms with Crippen molar-refractivity contribution in [2.45, 2.75) is 0 Å². The summed E-state index contributed by atoms with van der Waals surface area (Å²) < 4.78 is 1.98. The lowest BCUT2D eigenvalue weighted by Gasteiger charge is -1.98. The van der Waals surface area contributed by atoms with Gasteiger partial charge < -0.3 is 0 Å². The molecule has 3 heteroatoms. The van der Waals surface area contributed by atoms with Crippen molar-refractivity contribution in [3.63, 3.8) is 0 Å². The van der Waals surface area contributed by atoms with Crippen LogP contribution < -0.4 is 0 Å². The van der Waals surface area contributed by atoms with E-state index in [1.807, 2.05) is 34.9 Å². The number of hydrogen-bond donors (Lipinski definition) is 0. The fraction of sp³-hybridized carbons (Fsp3) is 0. The fourth-order valence-corrected chi connectivity index (χ4v) is 1.52. The molecule has 0 aliphatic rings. The second kappa shape index (κ2) is 2.29. The standard InChI is InChI=1S/C10H7N3/c1-2-8-3-4-9-11-6-7-13(9)10(8)12-5-1/h1-7H. The Balaban J connectivity index is 2.65. The number of rotatable bonds is 0. The number of nitrogens with zero attached hydrogens (tertiary/aromatic N) is 3. The van der Waals surface area contributed by atoms with Crippen LogP contribution in [0.1, 0.15) is 0 Å². The predicted octanol–water partition coefficient (Wildman–Crippen LogP) is 1.88. The molecule has 3 rings (SSSR count). The van der Waals surface area contributed by atoms with Gasteiger partial charge in [-0.25, -0.2) is 9.97 Å². The maximum Gasteiger partial charge on any atom is 0.145 e. The highest BCUT2D eigenvalue weighted by atomic mass is 15.0.